The fourth-order valence-electron chi connectivity index (χ4n) is 3.50. The van der Waals surface area contributed by atoms with Crippen LogP contribution in [0.5, 0.6) is 0 Å². The fraction of sp³-hybridized carbons (Fsp3) is 0.300. The highest BCUT2D eigenvalue weighted by Gasteiger charge is 2.33. The maximum atomic E-state index is 12.3. The Labute approximate surface area is 141 Å². The maximum absolute atomic E-state index is 12.3. The van der Waals surface area contributed by atoms with E-state index in [1.807, 2.05) is 42.5 Å². The van der Waals surface area contributed by atoms with Crippen LogP contribution in [0.1, 0.15) is 28.2 Å². The van der Waals surface area contributed by atoms with Gasteiger partial charge in [-0.2, -0.15) is 0 Å². The van der Waals surface area contributed by atoms with Gasteiger partial charge in [0.1, 0.15) is 0 Å². The second-order valence-corrected chi connectivity index (χ2v) is 6.40. The summed E-state index contributed by atoms with van der Waals surface area (Å²) in [6.07, 6.45) is 1.56. The molecule has 2 aromatic carbocycles. The molecule has 1 atom stereocenters. The molecule has 1 aliphatic carbocycles. The Hall–Kier alpha value is -2.62. The summed E-state index contributed by atoms with van der Waals surface area (Å²) in [6.45, 7) is 1.11. The number of hydrogen-bond donors (Lipinski definition) is 0. The van der Waals surface area contributed by atoms with E-state index >= 15 is 0 Å². The van der Waals surface area contributed by atoms with Crippen LogP contribution in [0.25, 0.3) is 0 Å². The SMILES string of the molecule is O=C(OCC(=O)N1CCc2ccccc2C1)[C@H]1Cc2ccccc21. The van der Waals surface area contributed by atoms with Crippen LogP contribution in [-0.2, 0) is 33.7 Å². The van der Waals surface area contributed by atoms with Gasteiger partial charge in [-0.05, 0) is 35.1 Å². The van der Waals surface area contributed by atoms with Crippen LogP contribution in [0.4, 0.5) is 0 Å². The molecule has 0 N–H and O–H groups in total. The molecule has 2 aromatic rings. The lowest BCUT2D eigenvalue weighted by Gasteiger charge is -2.30. The predicted molar refractivity (Wildman–Crippen MR) is 89.4 cm³/mol. The van der Waals surface area contributed by atoms with Crippen molar-refractivity contribution < 1.29 is 14.3 Å². The Morgan fingerprint density at radius 3 is 2.50 bits per heavy atom. The number of esters is 1. The number of benzene rings is 2. The van der Waals surface area contributed by atoms with Crippen LogP contribution < -0.4 is 0 Å². The Morgan fingerprint density at radius 1 is 1.00 bits per heavy atom. The molecule has 0 spiro atoms. The zero-order valence-electron chi connectivity index (χ0n) is 13.4. The summed E-state index contributed by atoms with van der Waals surface area (Å²) in [5, 5.41) is 0. The Morgan fingerprint density at radius 2 is 1.71 bits per heavy atom. The van der Waals surface area contributed by atoms with Crippen LogP contribution >= 0.6 is 0 Å². The lowest BCUT2D eigenvalue weighted by molar-refractivity contribution is -0.154. The summed E-state index contributed by atoms with van der Waals surface area (Å²) >= 11 is 0. The van der Waals surface area contributed by atoms with E-state index in [0.29, 0.717) is 19.5 Å². The number of fused-ring (bicyclic) bond motifs is 2. The first kappa shape index (κ1) is 14.9. The minimum absolute atomic E-state index is 0.120. The van der Waals surface area contributed by atoms with Gasteiger partial charge >= 0.3 is 5.97 Å². The minimum Gasteiger partial charge on any atom is -0.455 e. The first-order valence-corrected chi connectivity index (χ1v) is 8.31. The van der Waals surface area contributed by atoms with Gasteiger partial charge in [-0.3, -0.25) is 9.59 Å². The number of nitrogens with zero attached hydrogens (tertiary/aromatic N) is 1. The first-order valence-electron chi connectivity index (χ1n) is 8.31. The van der Waals surface area contributed by atoms with Crippen LogP contribution in [0.15, 0.2) is 48.5 Å². The van der Waals surface area contributed by atoms with Crippen LogP contribution in [-0.4, -0.2) is 29.9 Å². The van der Waals surface area contributed by atoms with E-state index in [4.69, 9.17) is 4.74 Å². The third-order valence-electron chi connectivity index (χ3n) is 4.96. The van der Waals surface area contributed by atoms with Crippen molar-refractivity contribution >= 4 is 11.9 Å². The Kier molecular flexibility index (Phi) is 3.81. The summed E-state index contributed by atoms with van der Waals surface area (Å²) < 4.78 is 5.28. The van der Waals surface area contributed by atoms with E-state index in [1.54, 1.807) is 4.90 Å². The second-order valence-electron chi connectivity index (χ2n) is 6.40. The van der Waals surface area contributed by atoms with Gasteiger partial charge in [-0.25, -0.2) is 0 Å². The molecule has 0 fully saturated rings. The molecule has 1 amide bonds. The van der Waals surface area contributed by atoms with Crippen LogP contribution in [0, 0.1) is 0 Å². The highest BCUT2D eigenvalue weighted by atomic mass is 16.5. The quantitative estimate of drug-likeness (QED) is 0.816. The normalized spacial score (nSPS) is 18.2. The van der Waals surface area contributed by atoms with E-state index < -0.39 is 0 Å². The van der Waals surface area contributed by atoms with Gasteiger partial charge in [0, 0.05) is 13.1 Å². The van der Waals surface area contributed by atoms with E-state index in [1.165, 1.54) is 16.7 Å². The van der Waals surface area contributed by atoms with E-state index in [2.05, 4.69) is 6.07 Å². The summed E-state index contributed by atoms with van der Waals surface area (Å²) in [4.78, 5) is 26.3. The summed E-state index contributed by atoms with van der Waals surface area (Å²) in [5.41, 5.74) is 4.70. The summed E-state index contributed by atoms with van der Waals surface area (Å²) in [6, 6.07) is 16.0. The molecule has 4 heteroatoms. The van der Waals surface area contributed by atoms with Gasteiger partial charge in [0.05, 0.1) is 5.92 Å². The van der Waals surface area contributed by atoms with Gasteiger partial charge < -0.3 is 9.64 Å². The topological polar surface area (TPSA) is 46.6 Å². The Bertz CT molecular complexity index is 799. The number of carbonyl (C=O) groups is 2. The smallest absolute Gasteiger partial charge is 0.314 e. The van der Waals surface area contributed by atoms with E-state index in [9.17, 15) is 9.59 Å². The maximum Gasteiger partial charge on any atom is 0.314 e. The largest absolute Gasteiger partial charge is 0.455 e. The molecule has 0 aromatic heterocycles. The first-order chi connectivity index (χ1) is 11.7. The molecule has 1 aliphatic heterocycles. The molecule has 4 rings (SSSR count). The predicted octanol–water partition coefficient (Wildman–Crippen LogP) is 2.45. The zero-order valence-corrected chi connectivity index (χ0v) is 13.4. The lowest BCUT2D eigenvalue weighted by atomic mass is 9.78. The van der Waals surface area contributed by atoms with Crippen molar-refractivity contribution in [3.05, 3.63) is 70.8 Å². The van der Waals surface area contributed by atoms with Crippen molar-refractivity contribution in [2.45, 2.75) is 25.3 Å². The average molecular weight is 321 g/mol. The zero-order chi connectivity index (χ0) is 16.5. The molecular formula is C20H19NO3. The molecule has 0 saturated heterocycles. The summed E-state index contributed by atoms with van der Waals surface area (Å²) in [7, 11) is 0. The molecule has 4 nitrogen and oxygen atoms in total. The fourth-order valence-corrected chi connectivity index (χ4v) is 3.50. The van der Waals surface area contributed by atoms with E-state index in [0.717, 1.165) is 12.0 Å². The number of amides is 1. The molecule has 1 heterocycles. The standard InChI is InChI=1S/C20H19NO3/c22-19(21-10-9-14-5-1-2-7-16(14)12-21)13-24-20(23)18-11-15-6-3-4-8-17(15)18/h1-8,18H,9-13H2/t18-/m0/s1. The number of carbonyl (C=O) groups excluding carboxylic acids is 2. The van der Waals surface area contributed by atoms with Crippen LogP contribution in [0.2, 0.25) is 0 Å². The van der Waals surface area contributed by atoms with Crippen molar-refractivity contribution in [2.24, 2.45) is 0 Å². The van der Waals surface area contributed by atoms with Crippen molar-refractivity contribution in [1.82, 2.24) is 4.90 Å². The molecular weight excluding hydrogens is 302 g/mol. The number of hydrogen-bond acceptors (Lipinski definition) is 3. The van der Waals surface area contributed by atoms with Crippen molar-refractivity contribution in [1.29, 1.82) is 0 Å². The van der Waals surface area contributed by atoms with Crippen molar-refractivity contribution in [3.63, 3.8) is 0 Å². The van der Waals surface area contributed by atoms with Gasteiger partial charge in [0.15, 0.2) is 6.61 Å². The van der Waals surface area contributed by atoms with Gasteiger partial charge in [0.25, 0.3) is 5.91 Å². The molecule has 2 aliphatic rings. The number of rotatable bonds is 3. The van der Waals surface area contributed by atoms with Gasteiger partial charge in [-0.15, -0.1) is 0 Å². The minimum atomic E-state index is -0.292. The second kappa shape index (κ2) is 6.11. The molecule has 0 radical (unpaired) electrons. The highest BCUT2D eigenvalue weighted by Crippen LogP contribution is 2.35. The third kappa shape index (κ3) is 2.68. The molecule has 122 valence electrons. The van der Waals surface area contributed by atoms with Gasteiger partial charge in [0.2, 0.25) is 0 Å². The van der Waals surface area contributed by atoms with Crippen molar-refractivity contribution in [2.75, 3.05) is 13.2 Å². The molecule has 0 saturated carbocycles. The Balaban J connectivity index is 1.32. The summed E-state index contributed by atoms with van der Waals surface area (Å²) in [5.74, 6) is -0.624. The van der Waals surface area contributed by atoms with E-state index in [-0.39, 0.29) is 24.4 Å². The average Bonchev–Trinajstić information content (AvgIpc) is 2.60. The highest BCUT2D eigenvalue weighted by molar-refractivity contribution is 5.85. The molecule has 0 unspecified atom stereocenters. The third-order valence-corrected chi connectivity index (χ3v) is 4.96. The lowest BCUT2D eigenvalue weighted by Crippen LogP contribution is -2.39. The van der Waals surface area contributed by atoms with Gasteiger partial charge in [-0.1, -0.05) is 48.5 Å². The molecule has 0 bridgehead atoms. The monoisotopic (exact) mass is 321 g/mol. The van der Waals surface area contributed by atoms with Crippen molar-refractivity contribution in [3.8, 4) is 0 Å². The number of ether oxygens (including phenoxy) is 1. The molecule has 24 heavy (non-hydrogen) atoms. The van der Waals surface area contributed by atoms with Crippen LogP contribution in [0.3, 0.4) is 0 Å².